The average molecular weight is 322 g/mol. The van der Waals surface area contributed by atoms with Crippen LogP contribution in [-0.2, 0) is 22.4 Å². The molecule has 1 N–H and O–H groups in total. The highest BCUT2D eigenvalue weighted by Gasteiger charge is 2.43. The van der Waals surface area contributed by atoms with Crippen LogP contribution in [0.5, 0.6) is 0 Å². The monoisotopic (exact) mass is 322 g/mol. The van der Waals surface area contributed by atoms with E-state index in [9.17, 15) is 14.4 Å². The first-order valence-corrected chi connectivity index (χ1v) is 8.13. The van der Waals surface area contributed by atoms with Crippen molar-refractivity contribution >= 4 is 29.2 Å². The maximum atomic E-state index is 12.0. The maximum Gasteiger partial charge on any atom is 0.348 e. The van der Waals surface area contributed by atoms with Crippen LogP contribution in [0.2, 0.25) is 0 Å². The first kappa shape index (κ1) is 15.0. The van der Waals surface area contributed by atoms with Crippen molar-refractivity contribution in [2.75, 3.05) is 13.2 Å². The van der Waals surface area contributed by atoms with Crippen molar-refractivity contribution in [1.82, 2.24) is 10.2 Å². The van der Waals surface area contributed by atoms with Gasteiger partial charge in [0, 0.05) is 4.88 Å². The Balaban J connectivity index is 1.53. The molecule has 3 amide bonds. The lowest BCUT2D eigenvalue weighted by atomic mass is 10.1. The van der Waals surface area contributed by atoms with Crippen molar-refractivity contribution in [2.24, 2.45) is 0 Å². The average Bonchev–Trinajstić information content (AvgIpc) is 3.06. The second-order valence-corrected chi connectivity index (χ2v) is 7.20. The van der Waals surface area contributed by atoms with Crippen molar-refractivity contribution in [3.05, 3.63) is 21.4 Å². The molecule has 3 rings (SSSR count). The Bertz CT molecular complexity index is 628. The molecule has 1 aromatic heterocycles. The third-order valence-corrected chi connectivity index (χ3v) is 5.16. The molecular formula is C15H18N2O4S. The fourth-order valence-corrected chi connectivity index (χ4v) is 3.90. The topological polar surface area (TPSA) is 75.7 Å². The Hall–Kier alpha value is -1.89. The molecule has 0 unspecified atom stereocenters. The molecule has 0 aromatic carbocycles. The van der Waals surface area contributed by atoms with Gasteiger partial charge < -0.3 is 10.1 Å². The number of amides is 3. The van der Waals surface area contributed by atoms with E-state index in [-0.39, 0.29) is 25.0 Å². The van der Waals surface area contributed by atoms with Crippen molar-refractivity contribution in [3.8, 4) is 0 Å². The van der Waals surface area contributed by atoms with E-state index in [2.05, 4.69) is 5.32 Å². The summed E-state index contributed by atoms with van der Waals surface area (Å²) < 4.78 is 5.19. The minimum Gasteiger partial charge on any atom is -0.460 e. The highest BCUT2D eigenvalue weighted by molar-refractivity contribution is 7.14. The van der Waals surface area contributed by atoms with Crippen LogP contribution in [0.3, 0.4) is 0 Å². The van der Waals surface area contributed by atoms with E-state index in [1.165, 1.54) is 21.8 Å². The predicted octanol–water partition coefficient (Wildman–Crippen LogP) is 1.72. The molecule has 22 heavy (non-hydrogen) atoms. The number of nitrogens with one attached hydrogen (secondary N) is 1. The number of rotatable bonds is 4. The summed E-state index contributed by atoms with van der Waals surface area (Å²) in [6.45, 7) is 3.38. The molecule has 0 atom stereocenters. The van der Waals surface area contributed by atoms with Crippen LogP contribution >= 0.6 is 11.3 Å². The van der Waals surface area contributed by atoms with E-state index in [0.717, 1.165) is 24.2 Å². The number of nitrogens with zero attached hydrogens (tertiary/aromatic N) is 1. The summed E-state index contributed by atoms with van der Waals surface area (Å²) in [7, 11) is 0. The van der Waals surface area contributed by atoms with Gasteiger partial charge in [0.1, 0.15) is 17.0 Å². The lowest BCUT2D eigenvalue weighted by molar-refractivity contribution is -0.130. The number of ether oxygens (including phenoxy) is 1. The Kier molecular flexibility index (Phi) is 3.68. The Morgan fingerprint density at radius 3 is 2.82 bits per heavy atom. The maximum absolute atomic E-state index is 12.0. The standard InChI is InChI=1S/C15H18N2O4S/c1-15(2)13(19)17(14(20)16-15)6-7-21-12(18)11-8-9-4-3-5-10(9)22-11/h8H,3-7H2,1-2H3,(H,16,20). The largest absolute Gasteiger partial charge is 0.460 e. The molecule has 0 spiro atoms. The van der Waals surface area contributed by atoms with E-state index in [1.54, 1.807) is 13.8 Å². The second kappa shape index (κ2) is 5.39. The van der Waals surface area contributed by atoms with Gasteiger partial charge in [0.15, 0.2) is 0 Å². The number of esters is 1. The zero-order valence-electron chi connectivity index (χ0n) is 12.6. The number of thiophene rings is 1. The molecule has 0 saturated carbocycles. The minimum absolute atomic E-state index is 0.0106. The van der Waals surface area contributed by atoms with E-state index < -0.39 is 11.6 Å². The zero-order chi connectivity index (χ0) is 15.9. The number of hydrogen-bond donors (Lipinski definition) is 1. The molecule has 1 aromatic rings. The first-order chi connectivity index (χ1) is 10.4. The third-order valence-electron chi connectivity index (χ3n) is 3.94. The number of aryl methyl sites for hydroxylation is 2. The van der Waals surface area contributed by atoms with Gasteiger partial charge in [-0.2, -0.15) is 0 Å². The van der Waals surface area contributed by atoms with Crippen LogP contribution in [0.25, 0.3) is 0 Å². The molecule has 2 aliphatic rings. The molecule has 1 aliphatic heterocycles. The molecule has 1 aliphatic carbocycles. The van der Waals surface area contributed by atoms with Crippen molar-refractivity contribution in [2.45, 2.75) is 38.6 Å². The summed E-state index contributed by atoms with van der Waals surface area (Å²) in [5.41, 5.74) is 0.350. The highest BCUT2D eigenvalue weighted by Crippen LogP contribution is 2.30. The van der Waals surface area contributed by atoms with Gasteiger partial charge in [-0.25, -0.2) is 9.59 Å². The highest BCUT2D eigenvalue weighted by atomic mass is 32.1. The van der Waals surface area contributed by atoms with E-state index in [4.69, 9.17) is 4.74 Å². The van der Waals surface area contributed by atoms with Gasteiger partial charge in [-0.1, -0.05) is 0 Å². The zero-order valence-corrected chi connectivity index (χ0v) is 13.4. The number of carbonyl (C=O) groups excluding carboxylic acids is 3. The van der Waals surface area contributed by atoms with Gasteiger partial charge in [0.05, 0.1) is 6.54 Å². The summed E-state index contributed by atoms with van der Waals surface area (Å²) >= 11 is 1.48. The number of urea groups is 1. The molecule has 0 bridgehead atoms. The number of hydrogen-bond acceptors (Lipinski definition) is 5. The summed E-state index contributed by atoms with van der Waals surface area (Å²) in [5, 5.41) is 2.59. The lowest BCUT2D eigenvalue weighted by Gasteiger charge is -2.15. The molecule has 1 fully saturated rings. The first-order valence-electron chi connectivity index (χ1n) is 7.31. The van der Waals surface area contributed by atoms with Crippen LogP contribution in [0.15, 0.2) is 6.07 Å². The van der Waals surface area contributed by atoms with Crippen LogP contribution in [0.1, 0.15) is 40.4 Å². The number of imide groups is 1. The summed E-state index contributed by atoms with van der Waals surface area (Å²) in [6.07, 6.45) is 3.21. The Labute approximate surface area is 132 Å². The van der Waals surface area contributed by atoms with Gasteiger partial charge in [-0.3, -0.25) is 9.69 Å². The molecule has 1 saturated heterocycles. The number of fused-ring (bicyclic) bond motifs is 1. The summed E-state index contributed by atoms with van der Waals surface area (Å²) in [6, 6.07) is 1.45. The summed E-state index contributed by atoms with van der Waals surface area (Å²) in [4.78, 5) is 38.6. The van der Waals surface area contributed by atoms with Gasteiger partial charge in [-0.15, -0.1) is 11.3 Å². The van der Waals surface area contributed by atoms with Crippen molar-refractivity contribution < 1.29 is 19.1 Å². The van der Waals surface area contributed by atoms with Crippen LogP contribution in [0, 0.1) is 0 Å². The van der Waals surface area contributed by atoms with E-state index in [0.29, 0.717) is 4.88 Å². The van der Waals surface area contributed by atoms with E-state index >= 15 is 0 Å². The molecule has 2 heterocycles. The van der Waals surface area contributed by atoms with Crippen molar-refractivity contribution in [3.63, 3.8) is 0 Å². The van der Waals surface area contributed by atoms with Crippen LogP contribution in [0.4, 0.5) is 4.79 Å². The van der Waals surface area contributed by atoms with Crippen LogP contribution < -0.4 is 5.32 Å². The fourth-order valence-electron chi connectivity index (χ4n) is 2.75. The Morgan fingerprint density at radius 1 is 1.41 bits per heavy atom. The molecule has 6 nitrogen and oxygen atoms in total. The molecule has 0 radical (unpaired) electrons. The SMILES string of the molecule is CC1(C)NC(=O)N(CCOC(=O)c2cc3c(s2)CCC3)C1=O. The number of carbonyl (C=O) groups is 3. The smallest absolute Gasteiger partial charge is 0.348 e. The van der Waals surface area contributed by atoms with Crippen LogP contribution in [-0.4, -0.2) is 41.5 Å². The quantitative estimate of drug-likeness (QED) is 0.676. The second-order valence-electron chi connectivity index (χ2n) is 6.06. The predicted molar refractivity (Wildman–Crippen MR) is 81.0 cm³/mol. The molecular weight excluding hydrogens is 304 g/mol. The van der Waals surface area contributed by atoms with E-state index in [1.807, 2.05) is 6.07 Å². The van der Waals surface area contributed by atoms with Gasteiger partial charge >= 0.3 is 12.0 Å². The summed E-state index contributed by atoms with van der Waals surface area (Å²) in [5.74, 6) is -0.686. The van der Waals surface area contributed by atoms with Gasteiger partial charge in [-0.05, 0) is 44.7 Å². The molecule has 118 valence electrons. The van der Waals surface area contributed by atoms with Gasteiger partial charge in [0.2, 0.25) is 0 Å². The van der Waals surface area contributed by atoms with Crippen molar-refractivity contribution in [1.29, 1.82) is 0 Å². The fraction of sp³-hybridized carbons (Fsp3) is 0.533. The normalized spacial score (nSPS) is 19.3. The minimum atomic E-state index is -0.893. The Morgan fingerprint density at radius 2 is 2.18 bits per heavy atom. The molecule has 7 heteroatoms. The third kappa shape index (κ3) is 2.61. The lowest BCUT2D eigenvalue weighted by Crippen LogP contribution is -2.40. The van der Waals surface area contributed by atoms with Gasteiger partial charge in [0.25, 0.3) is 5.91 Å².